The van der Waals surface area contributed by atoms with Crippen molar-refractivity contribution in [2.45, 2.75) is 44.8 Å². The summed E-state index contributed by atoms with van der Waals surface area (Å²) in [5, 5.41) is 18.1. The summed E-state index contributed by atoms with van der Waals surface area (Å²) in [6.07, 6.45) is 2.45. The SMILES string of the molecule is N#CCCCCCC(O)CS(=O)(=O)NCc1ccccc1. The highest BCUT2D eigenvalue weighted by atomic mass is 32.2. The van der Waals surface area contributed by atoms with Gasteiger partial charge in [-0.3, -0.25) is 0 Å². The number of rotatable bonds is 10. The average molecular weight is 310 g/mol. The van der Waals surface area contributed by atoms with Crippen LogP contribution in [0, 0.1) is 11.3 Å². The van der Waals surface area contributed by atoms with E-state index in [1.807, 2.05) is 30.3 Å². The Hall–Kier alpha value is -1.42. The molecule has 1 unspecified atom stereocenters. The largest absolute Gasteiger partial charge is 0.392 e. The van der Waals surface area contributed by atoms with E-state index in [4.69, 9.17) is 5.26 Å². The van der Waals surface area contributed by atoms with Gasteiger partial charge >= 0.3 is 0 Å². The van der Waals surface area contributed by atoms with Crippen molar-refractivity contribution >= 4 is 10.0 Å². The van der Waals surface area contributed by atoms with Gasteiger partial charge in [0.1, 0.15) is 0 Å². The molecular weight excluding hydrogens is 288 g/mol. The normalized spacial score (nSPS) is 12.8. The van der Waals surface area contributed by atoms with Gasteiger partial charge in [-0.1, -0.05) is 43.2 Å². The predicted molar refractivity (Wildman–Crippen MR) is 81.8 cm³/mol. The first-order chi connectivity index (χ1) is 10.0. The van der Waals surface area contributed by atoms with Crippen LogP contribution in [-0.2, 0) is 16.6 Å². The second-order valence-electron chi connectivity index (χ2n) is 5.00. The number of nitrogens with zero attached hydrogens (tertiary/aromatic N) is 1. The standard InChI is InChI=1S/C15H22N2O3S/c16-11-7-2-1-6-10-15(18)13-21(19,20)17-12-14-8-4-3-5-9-14/h3-5,8-9,15,17-18H,1-2,6-7,10,12-13H2. The Morgan fingerprint density at radius 2 is 1.90 bits per heavy atom. The first kappa shape index (κ1) is 17.6. The fourth-order valence-electron chi connectivity index (χ4n) is 1.95. The highest BCUT2D eigenvalue weighted by molar-refractivity contribution is 7.89. The molecule has 0 spiro atoms. The summed E-state index contributed by atoms with van der Waals surface area (Å²) in [6.45, 7) is 0.234. The lowest BCUT2D eigenvalue weighted by molar-refractivity contribution is 0.182. The molecule has 0 aliphatic carbocycles. The number of nitrogens with one attached hydrogen (secondary N) is 1. The van der Waals surface area contributed by atoms with E-state index in [2.05, 4.69) is 10.8 Å². The van der Waals surface area contributed by atoms with Crippen LogP contribution >= 0.6 is 0 Å². The molecule has 5 nitrogen and oxygen atoms in total. The lowest BCUT2D eigenvalue weighted by atomic mass is 10.1. The van der Waals surface area contributed by atoms with E-state index >= 15 is 0 Å². The zero-order valence-corrected chi connectivity index (χ0v) is 12.8. The summed E-state index contributed by atoms with van der Waals surface area (Å²) in [5.41, 5.74) is 0.882. The van der Waals surface area contributed by atoms with E-state index in [9.17, 15) is 13.5 Å². The summed E-state index contributed by atoms with van der Waals surface area (Å²) in [5.74, 6) is -0.280. The predicted octanol–water partition coefficient (Wildman–Crippen LogP) is 1.94. The topological polar surface area (TPSA) is 90.2 Å². The van der Waals surface area contributed by atoms with Crippen molar-refractivity contribution in [2.75, 3.05) is 5.75 Å². The van der Waals surface area contributed by atoms with E-state index in [0.29, 0.717) is 12.8 Å². The summed E-state index contributed by atoms with van der Waals surface area (Å²) >= 11 is 0. The third kappa shape index (κ3) is 8.45. The molecule has 0 aliphatic rings. The zero-order chi connectivity index (χ0) is 15.6. The minimum atomic E-state index is -3.48. The Balaban J connectivity index is 2.26. The number of hydrogen-bond donors (Lipinski definition) is 2. The second kappa shape index (κ2) is 9.50. The fraction of sp³-hybridized carbons (Fsp3) is 0.533. The van der Waals surface area contributed by atoms with Crippen molar-refractivity contribution in [2.24, 2.45) is 0 Å². The molecule has 0 saturated carbocycles. The molecule has 2 N–H and O–H groups in total. The van der Waals surface area contributed by atoms with Gasteiger partial charge in [-0.2, -0.15) is 5.26 Å². The summed E-state index contributed by atoms with van der Waals surface area (Å²) in [7, 11) is -3.48. The smallest absolute Gasteiger partial charge is 0.214 e. The maximum atomic E-state index is 11.8. The van der Waals surface area contributed by atoms with Gasteiger partial charge in [-0.15, -0.1) is 0 Å². The van der Waals surface area contributed by atoms with E-state index in [-0.39, 0.29) is 12.3 Å². The Bertz CT molecular complexity index is 538. The number of unbranched alkanes of at least 4 members (excludes halogenated alkanes) is 3. The van der Waals surface area contributed by atoms with E-state index in [1.165, 1.54) is 0 Å². The Morgan fingerprint density at radius 3 is 2.57 bits per heavy atom. The highest BCUT2D eigenvalue weighted by Crippen LogP contribution is 2.07. The van der Waals surface area contributed by atoms with Gasteiger partial charge in [0.05, 0.1) is 17.9 Å². The molecule has 1 aromatic carbocycles. The first-order valence-electron chi connectivity index (χ1n) is 7.10. The number of benzene rings is 1. The number of nitriles is 1. The molecule has 0 heterocycles. The lowest BCUT2D eigenvalue weighted by Crippen LogP contribution is -2.31. The molecule has 1 atom stereocenters. The Kier molecular flexibility index (Phi) is 7.98. The van der Waals surface area contributed by atoms with Crippen molar-refractivity contribution < 1.29 is 13.5 Å². The zero-order valence-electron chi connectivity index (χ0n) is 12.0. The molecule has 116 valence electrons. The minimum absolute atomic E-state index is 0.234. The van der Waals surface area contributed by atoms with Gasteiger partial charge in [-0.05, 0) is 18.4 Å². The van der Waals surface area contributed by atoms with Crippen LogP contribution in [0.3, 0.4) is 0 Å². The van der Waals surface area contributed by atoms with Crippen molar-refractivity contribution in [3.05, 3.63) is 35.9 Å². The number of sulfonamides is 1. The molecule has 1 aromatic rings. The first-order valence-corrected chi connectivity index (χ1v) is 8.75. The number of hydrogen-bond acceptors (Lipinski definition) is 4. The van der Waals surface area contributed by atoms with Gasteiger partial charge in [-0.25, -0.2) is 13.1 Å². The summed E-state index contributed by atoms with van der Waals surface area (Å²) < 4.78 is 26.2. The van der Waals surface area contributed by atoms with Crippen LogP contribution in [0.1, 0.15) is 37.7 Å². The monoisotopic (exact) mass is 310 g/mol. The summed E-state index contributed by atoms with van der Waals surface area (Å²) in [6, 6.07) is 11.3. The van der Waals surface area contributed by atoms with Gasteiger partial charge < -0.3 is 5.11 Å². The van der Waals surface area contributed by atoms with Crippen molar-refractivity contribution in [3.8, 4) is 6.07 Å². The molecule has 0 amide bonds. The number of aliphatic hydroxyl groups is 1. The minimum Gasteiger partial charge on any atom is -0.392 e. The summed E-state index contributed by atoms with van der Waals surface area (Å²) in [4.78, 5) is 0. The van der Waals surface area contributed by atoms with Crippen LogP contribution in [0.15, 0.2) is 30.3 Å². The maximum absolute atomic E-state index is 11.8. The van der Waals surface area contributed by atoms with Crippen LogP contribution in [0.4, 0.5) is 0 Å². The Labute approximate surface area is 126 Å². The molecular formula is C15H22N2O3S. The van der Waals surface area contributed by atoms with Gasteiger partial charge in [0.15, 0.2) is 0 Å². The maximum Gasteiger partial charge on any atom is 0.214 e. The molecule has 1 rings (SSSR count). The van der Waals surface area contributed by atoms with Gasteiger partial charge in [0.25, 0.3) is 0 Å². The average Bonchev–Trinajstić information content (AvgIpc) is 2.46. The molecule has 21 heavy (non-hydrogen) atoms. The van der Waals surface area contributed by atoms with E-state index in [0.717, 1.165) is 24.8 Å². The van der Waals surface area contributed by atoms with Crippen LogP contribution < -0.4 is 4.72 Å². The van der Waals surface area contributed by atoms with Gasteiger partial charge in [0.2, 0.25) is 10.0 Å². The van der Waals surface area contributed by atoms with Crippen LogP contribution in [0.25, 0.3) is 0 Å². The van der Waals surface area contributed by atoms with E-state index in [1.54, 1.807) is 0 Å². The molecule has 0 radical (unpaired) electrons. The Morgan fingerprint density at radius 1 is 1.19 bits per heavy atom. The molecule has 0 saturated heterocycles. The van der Waals surface area contributed by atoms with Crippen LogP contribution in [-0.4, -0.2) is 25.4 Å². The van der Waals surface area contributed by atoms with E-state index < -0.39 is 16.1 Å². The van der Waals surface area contributed by atoms with Crippen molar-refractivity contribution in [1.29, 1.82) is 5.26 Å². The van der Waals surface area contributed by atoms with Crippen LogP contribution in [0.5, 0.6) is 0 Å². The third-order valence-corrected chi connectivity index (χ3v) is 4.48. The fourth-order valence-corrected chi connectivity index (χ4v) is 3.12. The second-order valence-corrected chi connectivity index (χ2v) is 6.85. The van der Waals surface area contributed by atoms with Crippen molar-refractivity contribution in [1.82, 2.24) is 4.72 Å². The van der Waals surface area contributed by atoms with Gasteiger partial charge in [0, 0.05) is 13.0 Å². The molecule has 0 bridgehead atoms. The highest BCUT2D eigenvalue weighted by Gasteiger charge is 2.16. The third-order valence-electron chi connectivity index (χ3n) is 3.08. The van der Waals surface area contributed by atoms with Crippen molar-refractivity contribution in [3.63, 3.8) is 0 Å². The number of aliphatic hydroxyl groups excluding tert-OH is 1. The molecule has 0 aliphatic heterocycles. The molecule has 6 heteroatoms. The molecule has 0 aromatic heterocycles. The molecule has 0 fully saturated rings. The lowest BCUT2D eigenvalue weighted by Gasteiger charge is -2.12. The van der Waals surface area contributed by atoms with Crippen LogP contribution in [0.2, 0.25) is 0 Å². The quantitative estimate of drug-likeness (QED) is 0.646.